The van der Waals surface area contributed by atoms with Crippen LogP contribution in [0.2, 0.25) is 0 Å². The third-order valence-electron chi connectivity index (χ3n) is 6.07. The van der Waals surface area contributed by atoms with Gasteiger partial charge in [-0.15, -0.1) is 0 Å². The molecule has 1 saturated heterocycles. The summed E-state index contributed by atoms with van der Waals surface area (Å²) >= 11 is 0. The van der Waals surface area contributed by atoms with Crippen LogP contribution in [0.5, 0.6) is 0 Å². The third-order valence-corrected chi connectivity index (χ3v) is 6.07. The molecule has 2 aromatic heterocycles. The van der Waals surface area contributed by atoms with Crippen molar-refractivity contribution in [2.45, 2.75) is 44.6 Å². The largest absolute Gasteiger partial charge is 0.401 e. The lowest BCUT2D eigenvalue weighted by molar-refractivity contribution is -0.144. The summed E-state index contributed by atoms with van der Waals surface area (Å²) < 4.78 is 41.6. The molecule has 0 amide bonds. The number of hydrogen-bond donors (Lipinski definition) is 0. The predicted molar refractivity (Wildman–Crippen MR) is 107 cm³/mol. The molecule has 0 saturated carbocycles. The van der Waals surface area contributed by atoms with Gasteiger partial charge < -0.3 is 9.47 Å². The molecule has 4 rings (SSSR count). The summed E-state index contributed by atoms with van der Waals surface area (Å²) in [5.41, 5.74) is 1.32. The molecule has 4 heterocycles. The first kappa shape index (κ1) is 21.1. The molecule has 2 aliphatic rings. The number of halogens is 3. The minimum atomic E-state index is -4.27. The standard InChI is InChI=1S/C21H28F3N5O/c1-26(15-21(22,23)24)13-17-4-5-19-18-10-16(12-29(19)20(17)30)11-27(14-18)7-3-9-28-8-2-6-25-28/h2,4-6,8,16,18H,3,7,9-15H2,1H3/t16-,18+/m0/s1. The first-order valence-corrected chi connectivity index (χ1v) is 10.5. The first-order chi connectivity index (χ1) is 14.3. The van der Waals surface area contributed by atoms with Crippen LogP contribution in [0, 0.1) is 5.92 Å². The molecule has 6 nitrogen and oxygen atoms in total. The summed E-state index contributed by atoms with van der Waals surface area (Å²) in [6.07, 6.45) is 1.59. The van der Waals surface area contributed by atoms with Crippen molar-refractivity contribution < 1.29 is 13.2 Å². The molecule has 0 aliphatic carbocycles. The number of nitrogens with zero attached hydrogens (tertiary/aromatic N) is 5. The van der Waals surface area contributed by atoms with Crippen molar-refractivity contribution in [2.24, 2.45) is 5.92 Å². The Labute approximate surface area is 173 Å². The van der Waals surface area contributed by atoms with Crippen LogP contribution in [0.3, 0.4) is 0 Å². The normalized spacial score (nSPS) is 21.8. The number of pyridine rings is 1. The monoisotopic (exact) mass is 423 g/mol. The van der Waals surface area contributed by atoms with Crippen LogP contribution >= 0.6 is 0 Å². The minimum Gasteiger partial charge on any atom is -0.312 e. The summed E-state index contributed by atoms with van der Waals surface area (Å²) in [7, 11) is 1.40. The maximum absolute atomic E-state index is 13.0. The van der Waals surface area contributed by atoms with Gasteiger partial charge >= 0.3 is 6.18 Å². The van der Waals surface area contributed by atoms with Crippen molar-refractivity contribution >= 4 is 0 Å². The Morgan fingerprint density at radius 3 is 2.77 bits per heavy atom. The molecule has 0 N–H and O–H groups in total. The van der Waals surface area contributed by atoms with Crippen molar-refractivity contribution in [1.29, 1.82) is 0 Å². The van der Waals surface area contributed by atoms with Gasteiger partial charge in [0.2, 0.25) is 0 Å². The predicted octanol–water partition coefficient (Wildman–Crippen LogP) is 2.55. The van der Waals surface area contributed by atoms with Gasteiger partial charge in [0, 0.05) is 62.3 Å². The van der Waals surface area contributed by atoms with Gasteiger partial charge in [0.05, 0.1) is 6.54 Å². The second kappa shape index (κ2) is 8.55. The second-order valence-corrected chi connectivity index (χ2v) is 8.67. The van der Waals surface area contributed by atoms with Gasteiger partial charge in [0.1, 0.15) is 0 Å². The van der Waals surface area contributed by atoms with Crippen LogP contribution < -0.4 is 5.56 Å². The van der Waals surface area contributed by atoms with Gasteiger partial charge in [-0.05, 0) is 44.5 Å². The Morgan fingerprint density at radius 2 is 2.03 bits per heavy atom. The Morgan fingerprint density at radius 1 is 1.20 bits per heavy atom. The molecular formula is C21H28F3N5O. The summed E-state index contributed by atoms with van der Waals surface area (Å²) in [4.78, 5) is 16.6. The highest BCUT2D eigenvalue weighted by Crippen LogP contribution is 2.35. The van der Waals surface area contributed by atoms with Gasteiger partial charge in [0.25, 0.3) is 5.56 Å². The number of rotatable bonds is 7. The highest BCUT2D eigenvalue weighted by atomic mass is 19.4. The first-order valence-electron chi connectivity index (χ1n) is 10.5. The van der Waals surface area contributed by atoms with Crippen molar-refractivity contribution in [1.82, 2.24) is 24.1 Å². The van der Waals surface area contributed by atoms with Crippen molar-refractivity contribution in [2.75, 3.05) is 33.2 Å². The Bertz CT molecular complexity index is 908. The zero-order chi connectivity index (χ0) is 21.3. The van der Waals surface area contributed by atoms with E-state index in [0.29, 0.717) is 23.9 Å². The molecule has 0 unspecified atom stereocenters. The minimum absolute atomic E-state index is 0.00745. The van der Waals surface area contributed by atoms with Crippen molar-refractivity contribution in [3.8, 4) is 0 Å². The number of likely N-dealkylation sites (tertiary alicyclic amines) is 1. The quantitative estimate of drug-likeness (QED) is 0.687. The van der Waals surface area contributed by atoms with E-state index in [1.54, 1.807) is 12.3 Å². The van der Waals surface area contributed by atoms with Crippen LogP contribution in [0.4, 0.5) is 13.2 Å². The molecule has 30 heavy (non-hydrogen) atoms. The SMILES string of the molecule is CN(Cc1ccc2n(c1=O)C[C@H]1C[C@@H]2CN(CCCn2cccn2)C1)CC(F)(F)F. The van der Waals surface area contributed by atoms with E-state index in [9.17, 15) is 18.0 Å². The van der Waals surface area contributed by atoms with Crippen LogP contribution in [0.15, 0.2) is 35.4 Å². The molecule has 0 spiro atoms. The summed E-state index contributed by atoms with van der Waals surface area (Å²) in [6.45, 7) is 3.40. The van der Waals surface area contributed by atoms with Crippen molar-refractivity contribution in [3.63, 3.8) is 0 Å². The zero-order valence-corrected chi connectivity index (χ0v) is 17.2. The van der Waals surface area contributed by atoms with Gasteiger partial charge in [-0.1, -0.05) is 6.07 Å². The highest BCUT2D eigenvalue weighted by Gasteiger charge is 2.35. The van der Waals surface area contributed by atoms with E-state index in [1.807, 2.05) is 27.6 Å². The number of hydrogen-bond acceptors (Lipinski definition) is 4. The van der Waals surface area contributed by atoms with Gasteiger partial charge in [0.15, 0.2) is 0 Å². The van der Waals surface area contributed by atoms with E-state index in [-0.39, 0.29) is 12.1 Å². The Kier molecular flexibility index (Phi) is 6.02. The van der Waals surface area contributed by atoms with E-state index in [1.165, 1.54) is 7.05 Å². The van der Waals surface area contributed by atoms with Gasteiger partial charge in [-0.3, -0.25) is 14.4 Å². The van der Waals surface area contributed by atoms with Gasteiger partial charge in [-0.25, -0.2) is 0 Å². The molecule has 0 radical (unpaired) electrons. The lowest BCUT2D eigenvalue weighted by atomic mass is 9.83. The fourth-order valence-electron chi connectivity index (χ4n) is 4.93. The number of piperidine rings is 1. The van der Waals surface area contributed by atoms with Crippen molar-refractivity contribution in [3.05, 3.63) is 52.2 Å². The molecule has 1 fully saturated rings. The highest BCUT2D eigenvalue weighted by molar-refractivity contribution is 5.22. The van der Waals surface area contributed by atoms with Crippen LogP contribution in [-0.4, -0.2) is 63.6 Å². The molecule has 2 aromatic rings. The van der Waals surface area contributed by atoms with Crippen LogP contribution in [-0.2, 0) is 19.6 Å². The molecule has 2 aliphatic heterocycles. The lowest BCUT2D eigenvalue weighted by Gasteiger charge is -2.43. The van der Waals surface area contributed by atoms with E-state index in [4.69, 9.17) is 0 Å². The van der Waals surface area contributed by atoms with E-state index < -0.39 is 12.7 Å². The number of aryl methyl sites for hydroxylation is 1. The van der Waals surface area contributed by atoms with Gasteiger partial charge in [-0.2, -0.15) is 18.3 Å². The van der Waals surface area contributed by atoms with E-state index in [0.717, 1.165) is 49.6 Å². The fourth-order valence-corrected chi connectivity index (χ4v) is 4.93. The fraction of sp³-hybridized carbons (Fsp3) is 0.619. The maximum Gasteiger partial charge on any atom is 0.401 e. The molecule has 9 heteroatoms. The van der Waals surface area contributed by atoms with E-state index in [2.05, 4.69) is 10.00 Å². The lowest BCUT2D eigenvalue weighted by Crippen LogP contribution is -2.48. The number of aromatic nitrogens is 3. The maximum atomic E-state index is 13.0. The van der Waals surface area contributed by atoms with Crippen LogP contribution in [0.1, 0.15) is 30.0 Å². The molecule has 0 aromatic carbocycles. The number of alkyl halides is 3. The van der Waals surface area contributed by atoms with Crippen LogP contribution in [0.25, 0.3) is 0 Å². The zero-order valence-electron chi connectivity index (χ0n) is 17.2. The molecule has 164 valence electrons. The Balaban J connectivity index is 1.41. The third kappa shape index (κ3) is 4.95. The topological polar surface area (TPSA) is 46.3 Å². The van der Waals surface area contributed by atoms with E-state index >= 15 is 0 Å². The second-order valence-electron chi connectivity index (χ2n) is 8.67. The average Bonchev–Trinajstić information content (AvgIpc) is 3.16. The Hall–Kier alpha value is -2.13. The molecular weight excluding hydrogens is 395 g/mol. The number of fused-ring (bicyclic) bond motifs is 4. The summed E-state index contributed by atoms with van der Waals surface area (Å²) in [5, 5.41) is 4.24. The summed E-state index contributed by atoms with van der Waals surface area (Å²) in [6, 6.07) is 5.60. The summed E-state index contributed by atoms with van der Waals surface area (Å²) in [5.74, 6) is 0.707. The average molecular weight is 423 g/mol. The smallest absolute Gasteiger partial charge is 0.312 e. The molecule has 2 bridgehead atoms. The molecule has 2 atom stereocenters.